The van der Waals surface area contributed by atoms with Crippen LogP contribution < -0.4 is 5.73 Å². The van der Waals surface area contributed by atoms with Crippen LogP contribution in [0.4, 0.5) is 5.69 Å². The number of benzene rings is 2. The minimum atomic E-state index is -0.397. The lowest BCUT2D eigenvalue weighted by atomic mass is 10.1. The topological polar surface area (TPSA) is 72.6 Å². The van der Waals surface area contributed by atoms with Gasteiger partial charge in [-0.15, -0.1) is 0 Å². The summed E-state index contributed by atoms with van der Waals surface area (Å²) in [5.74, 6) is -0.397. The molecule has 0 aliphatic carbocycles. The van der Waals surface area contributed by atoms with Crippen molar-refractivity contribution in [2.75, 3.05) is 5.73 Å². The highest BCUT2D eigenvalue weighted by Crippen LogP contribution is 2.13. The summed E-state index contributed by atoms with van der Waals surface area (Å²) in [6.07, 6.45) is 0. The fraction of sp³-hybridized carbons (Fsp3) is 0.188. The first-order chi connectivity index (χ1) is 9.58. The van der Waals surface area contributed by atoms with Crippen LogP contribution in [0.2, 0.25) is 0 Å². The Labute approximate surface area is 117 Å². The first-order valence-corrected chi connectivity index (χ1v) is 6.31. The third-order valence-corrected chi connectivity index (χ3v) is 2.91. The second-order valence-electron chi connectivity index (χ2n) is 4.68. The highest BCUT2D eigenvalue weighted by atomic mass is 16.5. The van der Waals surface area contributed by atoms with Crippen molar-refractivity contribution < 1.29 is 14.6 Å². The van der Waals surface area contributed by atoms with E-state index in [0.29, 0.717) is 11.3 Å². The van der Waals surface area contributed by atoms with Crippen LogP contribution in [-0.4, -0.2) is 11.1 Å². The molecule has 0 aromatic heterocycles. The van der Waals surface area contributed by atoms with Crippen LogP contribution in [0.1, 0.15) is 27.0 Å². The fourth-order valence-electron chi connectivity index (χ4n) is 1.90. The standard InChI is InChI=1S/C16H17NO3/c1-11-6-14(8-15(17)7-11)16(19)20-10-13-4-2-12(9-18)3-5-13/h2-8,18H,9-10,17H2,1H3. The smallest absolute Gasteiger partial charge is 0.338 e. The summed E-state index contributed by atoms with van der Waals surface area (Å²) in [5, 5.41) is 8.95. The Bertz CT molecular complexity index is 585. The quantitative estimate of drug-likeness (QED) is 0.661. The Kier molecular flexibility index (Phi) is 4.38. The molecule has 0 spiro atoms. The second kappa shape index (κ2) is 6.21. The van der Waals surface area contributed by atoms with E-state index in [1.54, 1.807) is 30.3 Å². The van der Waals surface area contributed by atoms with Crippen molar-refractivity contribution in [3.8, 4) is 0 Å². The maximum absolute atomic E-state index is 11.9. The molecule has 2 aromatic rings. The van der Waals surface area contributed by atoms with Gasteiger partial charge in [-0.1, -0.05) is 24.3 Å². The Morgan fingerprint density at radius 3 is 2.40 bits per heavy atom. The van der Waals surface area contributed by atoms with Gasteiger partial charge in [-0.25, -0.2) is 4.79 Å². The molecular formula is C16H17NO3. The number of hydrogen-bond acceptors (Lipinski definition) is 4. The van der Waals surface area contributed by atoms with Gasteiger partial charge in [0, 0.05) is 5.69 Å². The number of aliphatic hydroxyl groups is 1. The zero-order chi connectivity index (χ0) is 14.5. The van der Waals surface area contributed by atoms with Crippen LogP contribution in [0.25, 0.3) is 0 Å². The first kappa shape index (κ1) is 14.1. The van der Waals surface area contributed by atoms with Crippen molar-refractivity contribution in [2.24, 2.45) is 0 Å². The molecule has 0 unspecified atom stereocenters. The molecule has 0 radical (unpaired) electrons. The van der Waals surface area contributed by atoms with Gasteiger partial charge in [0.1, 0.15) is 6.61 Å². The molecule has 0 aliphatic heterocycles. The maximum atomic E-state index is 11.9. The molecule has 104 valence electrons. The highest BCUT2D eigenvalue weighted by molar-refractivity contribution is 5.90. The molecule has 0 saturated carbocycles. The summed E-state index contributed by atoms with van der Waals surface area (Å²) in [6, 6.07) is 12.4. The number of hydrogen-bond donors (Lipinski definition) is 2. The number of esters is 1. The predicted octanol–water partition coefficient (Wildman–Crippen LogP) is 2.43. The molecule has 0 fully saturated rings. The van der Waals surface area contributed by atoms with Crippen LogP contribution in [-0.2, 0) is 18.0 Å². The third kappa shape index (κ3) is 3.59. The fourth-order valence-corrected chi connectivity index (χ4v) is 1.90. The summed E-state index contributed by atoms with van der Waals surface area (Å²) in [7, 11) is 0. The number of ether oxygens (including phenoxy) is 1. The lowest BCUT2D eigenvalue weighted by molar-refractivity contribution is 0.0472. The molecule has 4 heteroatoms. The van der Waals surface area contributed by atoms with E-state index < -0.39 is 5.97 Å². The van der Waals surface area contributed by atoms with Crippen LogP contribution >= 0.6 is 0 Å². The molecule has 0 bridgehead atoms. The minimum absolute atomic E-state index is 0.00262. The number of carbonyl (C=O) groups excluding carboxylic acids is 1. The molecule has 2 rings (SSSR count). The number of nitrogens with two attached hydrogens (primary N) is 1. The SMILES string of the molecule is Cc1cc(N)cc(C(=O)OCc2ccc(CO)cc2)c1. The van der Waals surface area contributed by atoms with E-state index in [9.17, 15) is 4.79 Å². The van der Waals surface area contributed by atoms with Gasteiger partial charge in [0.15, 0.2) is 0 Å². The van der Waals surface area contributed by atoms with Crippen molar-refractivity contribution in [1.82, 2.24) is 0 Å². The van der Waals surface area contributed by atoms with Gasteiger partial charge in [0.25, 0.3) is 0 Å². The molecule has 3 N–H and O–H groups in total. The van der Waals surface area contributed by atoms with E-state index in [0.717, 1.165) is 16.7 Å². The van der Waals surface area contributed by atoms with Gasteiger partial charge in [0.05, 0.1) is 12.2 Å². The van der Waals surface area contributed by atoms with Gasteiger partial charge in [-0.3, -0.25) is 0 Å². The minimum Gasteiger partial charge on any atom is -0.457 e. The van der Waals surface area contributed by atoms with E-state index in [1.807, 2.05) is 19.1 Å². The molecule has 0 saturated heterocycles. The molecular weight excluding hydrogens is 254 g/mol. The number of carbonyl (C=O) groups is 1. The number of anilines is 1. The summed E-state index contributed by atoms with van der Waals surface area (Å²) in [5.41, 5.74) is 9.32. The Morgan fingerprint density at radius 2 is 1.80 bits per heavy atom. The van der Waals surface area contributed by atoms with Crippen molar-refractivity contribution in [3.63, 3.8) is 0 Å². The Morgan fingerprint density at radius 1 is 1.15 bits per heavy atom. The van der Waals surface area contributed by atoms with Crippen LogP contribution in [0.5, 0.6) is 0 Å². The maximum Gasteiger partial charge on any atom is 0.338 e. The molecule has 0 aliphatic rings. The molecule has 0 amide bonds. The van der Waals surface area contributed by atoms with E-state index in [1.165, 1.54) is 0 Å². The monoisotopic (exact) mass is 271 g/mol. The lowest BCUT2D eigenvalue weighted by Gasteiger charge is -2.07. The average molecular weight is 271 g/mol. The summed E-state index contributed by atoms with van der Waals surface area (Å²) < 4.78 is 5.24. The van der Waals surface area contributed by atoms with Crippen molar-refractivity contribution in [2.45, 2.75) is 20.1 Å². The predicted molar refractivity (Wildman–Crippen MR) is 77.1 cm³/mol. The van der Waals surface area contributed by atoms with E-state index in [4.69, 9.17) is 15.6 Å². The molecule has 2 aromatic carbocycles. The van der Waals surface area contributed by atoms with Crippen molar-refractivity contribution in [1.29, 1.82) is 0 Å². The zero-order valence-electron chi connectivity index (χ0n) is 11.3. The van der Waals surface area contributed by atoms with Crippen LogP contribution in [0, 0.1) is 6.92 Å². The van der Waals surface area contributed by atoms with Crippen molar-refractivity contribution in [3.05, 3.63) is 64.7 Å². The van der Waals surface area contributed by atoms with Crippen molar-refractivity contribution >= 4 is 11.7 Å². The molecule has 4 nitrogen and oxygen atoms in total. The number of nitrogen functional groups attached to an aromatic ring is 1. The van der Waals surface area contributed by atoms with Gasteiger partial charge in [-0.2, -0.15) is 0 Å². The van der Waals surface area contributed by atoms with Gasteiger partial charge >= 0.3 is 5.97 Å². The van der Waals surface area contributed by atoms with E-state index >= 15 is 0 Å². The second-order valence-corrected chi connectivity index (χ2v) is 4.68. The van der Waals surface area contributed by atoms with Gasteiger partial charge in [0.2, 0.25) is 0 Å². The lowest BCUT2D eigenvalue weighted by Crippen LogP contribution is -2.06. The highest BCUT2D eigenvalue weighted by Gasteiger charge is 2.08. The molecule has 0 atom stereocenters. The Balaban J connectivity index is 2.00. The van der Waals surface area contributed by atoms with Gasteiger partial charge < -0.3 is 15.6 Å². The van der Waals surface area contributed by atoms with E-state index in [2.05, 4.69) is 0 Å². The third-order valence-electron chi connectivity index (χ3n) is 2.91. The normalized spacial score (nSPS) is 10.3. The average Bonchev–Trinajstić information content (AvgIpc) is 2.44. The molecule has 20 heavy (non-hydrogen) atoms. The first-order valence-electron chi connectivity index (χ1n) is 6.31. The zero-order valence-corrected chi connectivity index (χ0v) is 11.3. The number of aliphatic hydroxyl groups excluding tert-OH is 1. The summed E-state index contributed by atoms with van der Waals surface area (Å²) in [6.45, 7) is 2.07. The Hall–Kier alpha value is -2.33. The molecule has 0 heterocycles. The number of rotatable bonds is 4. The van der Waals surface area contributed by atoms with Gasteiger partial charge in [-0.05, 0) is 41.8 Å². The largest absolute Gasteiger partial charge is 0.457 e. The summed E-state index contributed by atoms with van der Waals surface area (Å²) >= 11 is 0. The summed E-state index contributed by atoms with van der Waals surface area (Å²) in [4.78, 5) is 11.9. The van der Waals surface area contributed by atoms with E-state index in [-0.39, 0.29) is 13.2 Å². The van der Waals surface area contributed by atoms with Crippen LogP contribution in [0.15, 0.2) is 42.5 Å². The number of aryl methyl sites for hydroxylation is 1. The van der Waals surface area contributed by atoms with Crippen LogP contribution in [0.3, 0.4) is 0 Å².